The zero-order valence-electron chi connectivity index (χ0n) is 9.86. The molecule has 1 aromatic rings. The van der Waals surface area contributed by atoms with Crippen LogP contribution in [-0.2, 0) is 15.3 Å². The lowest BCUT2D eigenvalue weighted by Gasteiger charge is -2.27. The molecule has 0 saturated carbocycles. The fourth-order valence-electron chi connectivity index (χ4n) is 1.87. The highest BCUT2D eigenvalue weighted by atomic mass is 35.5. The number of ether oxygens (including phenoxy) is 4. The third-order valence-electron chi connectivity index (χ3n) is 2.75. The summed E-state index contributed by atoms with van der Waals surface area (Å²) >= 11 is 5.98. The third kappa shape index (κ3) is 2.20. The summed E-state index contributed by atoms with van der Waals surface area (Å²) < 4.78 is 21.8. The van der Waals surface area contributed by atoms with Gasteiger partial charge in [0.15, 0.2) is 0 Å². The maximum atomic E-state index is 5.98. The molecule has 0 N–H and O–H groups in total. The number of alkyl halides is 1. The van der Waals surface area contributed by atoms with Crippen LogP contribution in [0.25, 0.3) is 0 Å². The normalized spacial score (nSPS) is 18.1. The second-order valence-electron chi connectivity index (χ2n) is 3.65. The SMILES string of the molecule is COc1ccc(OC)c(C2(CCl)OCCO2)c1. The highest BCUT2D eigenvalue weighted by Crippen LogP contribution is 2.39. The molecule has 0 aromatic heterocycles. The Morgan fingerprint density at radius 1 is 1.24 bits per heavy atom. The zero-order chi connectivity index (χ0) is 12.3. The molecule has 5 heteroatoms. The molecule has 1 saturated heterocycles. The van der Waals surface area contributed by atoms with Crippen LogP contribution in [0, 0.1) is 0 Å². The van der Waals surface area contributed by atoms with E-state index in [-0.39, 0.29) is 5.88 Å². The minimum atomic E-state index is -0.929. The molecule has 4 nitrogen and oxygen atoms in total. The molecule has 1 aromatic carbocycles. The van der Waals surface area contributed by atoms with Gasteiger partial charge in [0.05, 0.1) is 38.9 Å². The van der Waals surface area contributed by atoms with Gasteiger partial charge < -0.3 is 18.9 Å². The van der Waals surface area contributed by atoms with Crippen molar-refractivity contribution in [2.75, 3.05) is 33.3 Å². The van der Waals surface area contributed by atoms with Crippen molar-refractivity contribution in [3.8, 4) is 11.5 Å². The molecule has 1 heterocycles. The van der Waals surface area contributed by atoms with Crippen LogP contribution in [0.2, 0.25) is 0 Å². The van der Waals surface area contributed by atoms with E-state index in [2.05, 4.69) is 0 Å². The molecule has 1 fully saturated rings. The quantitative estimate of drug-likeness (QED) is 0.776. The molecule has 0 unspecified atom stereocenters. The summed E-state index contributed by atoms with van der Waals surface area (Å²) in [6.07, 6.45) is 0. The summed E-state index contributed by atoms with van der Waals surface area (Å²) in [5.41, 5.74) is 0.756. The lowest BCUT2D eigenvalue weighted by atomic mass is 10.1. The summed E-state index contributed by atoms with van der Waals surface area (Å²) in [7, 11) is 3.21. The summed E-state index contributed by atoms with van der Waals surface area (Å²) in [5.74, 6) is 0.663. The van der Waals surface area contributed by atoms with Gasteiger partial charge in [-0.15, -0.1) is 11.6 Å². The largest absolute Gasteiger partial charge is 0.497 e. The van der Waals surface area contributed by atoms with Gasteiger partial charge in [-0.25, -0.2) is 0 Å². The number of methoxy groups -OCH3 is 2. The molecule has 0 bridgehead atoms. The van der Waals surface area contributed by atoms with Crippen molar-refractivity contribution in [3.05, 3.63) is 23.8 Å². The summed E-state index contributed by atoms with van der Waals surface area (Å²) in [6, 6.07) is 5.46. The van der Waals surface area contributed by atoms with Crippen LogP contribution in [0.5, 0.6) is 11.5 Å². The maximum Gasteiger partial charge on any atom is 0.212 e. The van der Waals surface area contributed by atoms with Gasteiger partial charge in [-0.1, -0.05) is 0 Å². The smallest absolute Gasteiger partial charge is 0.212 e. The second-order valence-corrected chi connectivity index (χ2v) is 3.92. The lowest BCUT2D eigenvalue weighted by molar-refractivity contribution is -0.147. The van der Waals surface area contributed by atoms with Crippen LogP contribution in [0.15, 0.2) is 18.2 Å². The van der Waals surface area contributed by atoms with Gasteiger partial charge in [-0.05, 0) is 18.2 Å². The van der Waals surface area contributed by atoms with Crippen molar-refractivity contribution in [2.24, 2.45) is 0 Å². The average molecular weight is 259 g/mol. The molecule has 94 valence electrons. The van der Waals surface area contributed by atoms with Crippen molar-refractivity contribution in [1.82, 2.24) is 0 Å². The molecular weight excluding hydrogens is 244 g/mol. The summed E-state index contributed by atoms with van der Waals surface area (Å²) in [5, 5.41) is 0. The van der Waals surface area contributed by atoms with Gasteiger partial charge in [0.1, 0.15) is 11.5 Å². The molecule has 1 aliphatic rings. The van der Waals surface area contributed by atoms with Crippen molar-refractivity contribution in [1.29, 1.82) is 0 Å². The molecule has 2 rings (SSSR count). The molecule has 0 aliphatic carbocycles. The van der Waals surface area contributed by atoms with Gasteiger partial charge in [-0.2, -0.15) is 0 Å². The first kappa shape index (κ1) is 12.5. The third-order valence-corrected chi connectivity index (χ3v) is 3.10. The molecule has 0 atom stereocenters. The summed E-state index contributed by atoms with van der Waals surface area (Å²) in [4.78, 5) is 0. The fraction of sp³-hybridized carbons (Fsp3) is 0.500. The Kier molecular flexibility index (Phi) is 3.76. The standard InChI is InChI=1S/C12H15ClO4/c1-14-9-3-4-11(15-2)10(7-9)12(8-13)16-5-6-17-12/h3-4,7H,5-6,8H2,1-2H3. The van der Waals surface area contributed by atoms with Crippen LogP contribution >= 0.6 is 11.6 Å². The highest BCUT2D eigenvalue weighted by molar-refractivity contribution is 6.18. The topological polar surface area (TPSA) is 36.9 Å². The second kappa shape index (κ2) is 5.12. The summed E-state index contributed by atoms with van der Waals surface area (Å²) in [6.45, 7) is 1.04. The van der Waals surface area contributed by atoms with Crippen LogP contribution < -0.4 is 9.47 Å². The molecule has 1 aliphatic heterocycles. The van der Waals surface area contributed by atoms with Crippen LogP contribution in [0.4, 0.5) is 0 Å². The van der Waals surface area contributed by atoms with E-state index >= 15 is 0 Å². The van der Waals surface area contributed by atoms with E-state index in [9.17, 15) is 0 Å². The average Bonchev–Trinajstić information content (AvgIpc) is 2.88. The minimum absolute atomic E-state index is 0.205. The Labute approximate surface area is 105 Å². The first-order chi connectivity index (χ1) is 8.25. The van der Waals surface area contributed by atoms with Crippen LogP contribution in [0.1, 0.15) is 5.56 Å². The minimum Gasteiger partial charge on any atom is -0.497 e. The lowest BCUT2D eigenvalue weighted by Crippen LogP contribution is -2.29. The van der Waals surface area contributed by atoms with E-state index in [0.29, 0.717) is 24.7 Å². The van der Waals surface area contributed by atoms with Gasteiger partial charge >= 0.3 is 0 Å². The van der Waals surface area contributed by atoms with Crippen LogP contribution in [0.3, 0.4) is 0 Å². The Hall–Kier alpha value is -0.970. The van der Waals surface area contributed by atoms with Crippen molar-refractivity contribution in [3.63, 3.8) is 0 Å². The first-order valence-electron chi connectivity index (χ1n) is 5.32. The zero-order valence-corrected chi connectivity index (χ0v) is 10.6. The molecule has 0 radical (unpaired) electrons. The number of halogens is 1. The van der Waals surface area contributed by atoms with Gasteiger partial charge in [0, 0.05) is 0 Å². The van der Waals surface area contributed by atoms with E-state index in [1.54, 1.807) is 14.2 Å². The Bertz CT molecular complexity index is 388. The Morgan fingerprint density at radius 2 is 1.94 bits per heavy atom. The van der Waals surface area contributed by atoms with Gasteiger partial charge in [-0.3, -0.25) is 0 Å². The number of benzene rings is 1. The van der Waals surface area contributed by atoms with E-state index in [0.717, 1.165) is 5.56 Å². The predicted molar refractivity (Wildman–Crippen MR) is 63.8 cm³/mol. The number of rotatable bonds is 4. The molecule has 0 spiro atoms. The van der Waals surface area contributed by atoms with E-state index in [4.69, 9.17) is 30.5 Å². The Morgan fingerprint density at radius 3 is 2.47 bits per heavy atom. The van der Waals surface area contributed by atoms with E-state index < -0.39 is 5.79 Å². The number of hydrogen-bond acceptors (Lipinski definition) is 4. The van der Waals surface area contributed by atoms with Crippen molar-refractivity contribution >= 4 is 11.6 Å². The van der Waals surface area contributed by atoms with Gasteiger partial charge in [0.25, 0.3) is 0 Å². The monoisotopic (exact) mass is 258 g/mol. The Balaban J connectivity index is 2.46. The molecule has 17 heavy (non-hydrogen) atoms. The maximum absolute atomic E-state index is 5.98. The first-order valence-corrected chi connectivity index (χ1v) is 5.85. The van der Waals surface area contributed by atoms with Crippen molar-refractivity contribution in [2.45, 2.75) is 5.79 Å². The van der Waals surface area contributed by atoms with Crippen molar-refractivity contribution < 1.29 is 18.9 Å². The number of hydrogen-bond donors (Lipinski definition) is 0. The predicted octanol–water partition coefficient (Wildman–Crippen LogP) is 2.14. The molecule has 0 amide bonds. The highest BCUT2D eigenvalue weighted by Gasteiger charge is 2.40. The van der Waals surface area contributed by atoms with E-state index in [1.807, 2.05) is 18.2 Å². The van der Waals surface area contributed by atoms with Gasteiger partial charge in [0.2, 0.25) is 5.79 Å². The fourth-order valence-corrected chi connectivity index (χ4v) is 2.17. The van der Waals surface area contributed by atoms with Crippen LogP contribution in [-0.4, -0.2) is 33.3 Å². The van der Waals surface area contributed by atoms with E-state index in [1.165, 1.54) is 0 Å². The molecular formula is C12H15ClO4.